The first-order valence-corrected chi connectivity index (χ1v) is 8.89. The lowest BCUT2D eigenvalue weighted by molar-refractivity contribution is -0.121. The largest absolute Gasteiger partial charge is 0.354 e. The van der Waals surface area contributed by atoms with Crippen molar-refractivity contribution >= 4 is 21.8 Å². The number of nitrogens with one attached hydrogen (secondary N) is 3. The molecule has 0 aliphatic heterocycles. The first-order valence-electron chi connectivity index (χ1n) is 7.41. The number of carbonyl (C=O) groups is 2. The van der Waals surface area contributed by atoms with Gasteiger partial charge in [0.1, 0.15) is 0 Å². The monoisotopic (exact) mass is 341 g/mol. The zero-order chi connectivity index (χ0) is 17.5. The van der Waals surface area contributed by atoms with Crippen molar-refractivity contribution in [2.75, 3.05) is 13.6 Å². The molecule has 3 N–H and O–H groups in total. The SMILES string of the molecule is CCC(C)NC(=O)CCNC(=O)c1ccc(S(=O)(=O)NC)cc1. The van der Waals surface area contributed by atoms with Gasteiger partial charge in [-0.2, -0.15) is 0 Å². The molecule has 0 aliphatic rings. The van der Waals surface area contributed by atoms with Crippen LogP contribution in [0.25, 0.3) is 0 Å². The predicted octanol–water partition coefficient (Wildman–Crippen LogP) is 0.629. The van der Waals surface area contributed by atoms with Gasteiger partial charge >= 0.3 is 0 Å². The Bertz CT molecular complexity index is 641. The Kier molecular flexibility index (Phi) is 7.18. The molecule has 8 heteroatoms. The van der Waals surface area contributed by atoms with Crippen LogP contribution in [0, 0.1) is 0 Å². The van der Waals surface area contributed by atoms with Crippen LogP contribution in [0.3, 0.4) is 0 Å². The summed E-state index contributed by atoms with van der Waals surface area (Å²) in [6.45, 7) is 4.11. The number of rotatable bonds is 8. The minimum Gasteiger partial charge on any atom is -0.354 e. The van der Waals surface area contributed by atoms with Gasteiger partial charge < -0.3 is 10.6 Å². The van der Waals surface area contributed by atoms with E-state index in [4.69, 9.17) is 0 Å². The van der Waals surface area contributed by atoms with Crippen molar-refractivity contribution in [1.29, 1.82) is 0 Å². The molecule has 1 aromatic carbocycles. The van der Waals surface area contributed by atoms with Crippen molar-refractivity contribution in [3.05, 3.63) is 29.8 Å². The Morgan fingerprint density at radius 3 is 2.30 bits per heavy atom. The van der Waals surface area contributed by atoms with E-state index in [2.05, 4.69) is 15.4 Å². The summed E-state index contributed by atoms with van der Waals surface area (Å²) in [5, 5.41) is 5.44. The molecule has 7 nitrogen and oxygen atoms in total. The summed E-state index contributed by atoms with van der Waals surface area (Å²) >= 11 is 0. The van der Waals surface area contributed by atoms with Crippen LogP contribution in [0.1, 0.15) is 37.0 Å². The molecule has 0 saturated heterocycles. The molecule has 1 rings (SSSR count). The molecule has 0 heterocycles. The van der Waals surface area contributed by atoms with Crippen LogP contribution in [0.5, 0.6) is 0 Å². The van der Waals surface area contributed by atoms with Gasteiger partial charge in [0.15, 0.2) is 0 Å². The van der Waals surface area contributed by atoms with Crippen molar-refractivity contribution in [3.63, 3.8) is 0 Å². The van der Waals surface area contributed by atoms with Gasteiger partial charge in [0.05, 0.1) is 4.90 Å². The maximum Gasteiger partial charge on any atom is 0.251 e. The van der Waals surface area contributed by atoms with E-state index in [1.807, 2.05) is 13.8 Å². The minimum atomic E-state index is -3.52. The second-order valence-corrected chi connectivity index (χ2v) is 7.00. The summed E-state index contributed by atoms with van der Waals surface area (Å²) in [7, 11) is -2.20. The van der Waals surface area contributed by atoms with Crippen LogP contribution in [-0.4, -0.2) is 39.9 Å². The second-order valence-electron chi connectivity index (χ2n) is 5.11. The highest BCUT2D eigenvalue weighted by Gasteiger charge is 2.13. The zero-order valence-corrected chi connectivity index (χ0v) is 14.4. The lowest BCUT2D eigenvalue weighted by Gasteiger charge is -2.11. The predicted molar refractivity (Wildman–Crippen MR) is 87.5 cm³/mol. The highest BCUT2D eigenvalue weighted by molar-refractivity contribution is 7.89. The minimum absolute atomic E-state index is 0.0875. The summed E-state index contributed by atoms with van der Waals surface area (Å²) < 4.78 is 25.4. The molecular formula is C15H23N3O4S. The van der Waals surface area contributed by atoms with Gasteiger partial charge in [-0.1, -0.05) is 6.92 Å². The molecule has 2 amide bonds. The first-order chi connectivity index (χ1) is 10.8. The Morgan fingerprint density at radius 2 is 1.78 bits per heavy atom. The van der Waals surface area contributed by atoms with Crippen molar-refractivity contribution < 1.29 is 18.0 Å². The van der Waals surface area contributed by atoms with E-state index in [-0.39, 0.29) is 35.7 Å². The summed E-state index contributed by atoms with van der Waals surface area (Å²) in [4.78, 5) is 23.6. The average Bonchev–Trinajstić information content (AvgIpc) is 2.54. The lowest BCUT2D eigenvalue weighted by atomic mass is 10.2. The number of hydrogen-bond donors (Lipinski definition) is 3. The van der Waals surface area contributed by atoms with Gasteiger partial charge in [0.25, 0.3) is 5.91 Å². The standard InChI is InChI=1S/C15H23N3O4S/c1-4-11(2)18-14(19)9-10-17-15(20)12-5-7-13(8-6-12)23(21,22)16-3/h5-8,11,16H,4,9-10H2,1-3H3,(H,17,20)(H,18,19). The first kappa shape index (κ1) is 19.1. The Hall–Kier alpha value is -1.93. The molecule has 23 heavy (non-hydrogen) atoms. The topological polar surface area (TPSA) is 104 Å². The molecule has 1 atom stereocenters. The normalized spacial score (nSPS) is 12.5. The number of amides is 2. The molecule has 128 valence electrons. The van der Waals surface area contributed by atoms with E-state index in [1.165, 1.54) is 31.3 Å². The molecule has 1 unspecified atom stereocenters. The van der Waals surface area contributed by atoms with Crippen molar-refractivity contribution in [2.45, 2.75) is 37.6 Å². The Morgan fingerprint density at radius 1 is 1.17 bits per heavy atom. The maximum atomic E-state index is 11.9. The van der Waals surface area contributed by atoms with Crippen molar-refractivity contribution in [2.24, 2.45) is 0 Å². The van der Waals surface area contributed by atoms with Crippen molar-refractivity contribution in [1.82, 2.24) is 15.4 Å². The van der Waals surface area contributed by atoms with Crippen LogP contribution >= 0.6 is 0 Å². The quantitative estimate of drug-likeness (QED) is 0.645. The van der Waals surface area contributed by atoms with E-state index in [0.717, 1.165) is 6.42 Å². The van der Waals surface area contributed by atoms with Gasteiger partial charge in [-0.25, -0.2) is 13.1 Å². The fourth-order valence-corrected chi connectivity index (χ4v) is 2.47. The third-order valence-corrected chi connectivity index (χ3v) is 4.78. The van der Waals surface area contributed by atoms with Gasteiger partial charge in [-0.05, 0) is 44.7 Å². The fourth-order valence-electron chi connectivity index (χ4n) is 1.74. The van der Waals surface area contributed by atoms with Gasteiger partial charge in [0, 0.05) is 24.6 Å². The van der Waals surface area contributed by atoms with Gasteiger partial charge in [0.2, 0.25) is 15.9 Å². The van der Waals surface area contributed by atoms with Crippen LogP contribution in [0.15, 0.2) is 29.2 Å². The smallest absolute Gasteiger partial charge is 0.251 e. The van der Waals surface area contributed by atoms with Gasteiger partial charge in [-0.15, -0.1) is 0 Å². The highest BCUT2D eigenvalue weighted by atomic mass is 32.2. The second kappa shape index (κ2) is 8.64. The summed E-state index contributed by atoms with van der Waals surface area (Å²) in [5.41, 5.74) is 0.336. The summed E-state index contributed by atoms with van der Waals surface area (Å²) in [5.74, 6) is -0.468. The zero-order valence-electron chi connectivity index (χ0n) is 13.5. The Balaban J connectivity index is 2.51. The summed E-state index contributed by atoms with van der Waals surface area (Å²) in [6, 6.07) is 5.68. The van der Waals surface area contributed by atoms with E-state index in [1.54, 1.807) is 0 Å². The number of sulfonamides is 1. The van der Waals surface area contributed by atoms with E-state index >= 15 is 0 Å². The third-order valence-electron chi connectivity index (χ3n) is 3.35. The lowest BCUT2D eigenvalue weighted by Crippen LogP contribution is -2.35. The Labute approximate surface area is 136 Å². The molecule has 0 spiro atoms. The molecule has 0 saturated carbocycles. The molecule has 0 aromatic heterocycles. The van der Waals surface area contributed by atoms with Crippen LogP contribution in [0.4, 0.5) is 0 Å². The van der Waals surface area contributed by atoms with E-state index < -0.39 is 10.0 Å². The van der Waals surface area contributed by atoms with Crippen LogP contribution in [-0.2, 0) is 14.8 Å². The third kappa shape index (κ3) is 5.99. The molecule has 1 aromatic rings. The number of benzene rings is 1. The number of hydrogen-bond acceptors (Lipinski definition) is 4. The van der Waals surface area contributed by atoms with Crippen LogP contribution in [0.2, 0.25) is 0 Å². The highest BCUT2D eigenvalue weighted by Crippen LogP contribution is 2.10. The molecule has 0 bridgehead atoms. The van der Waals surface area contributed by atoms with Crippen LogP contribution < -0.4 is 15.4 Å². The maximum absolute atomic E-state index is 11.9. The molecule has 0 aliphatic carbocycles. The molecular weight excluding hydrogens is 318 g/mol. The fraction of sp³-hybridized carbons (Fsp3) is 0.467. The average molecular weight is 341 g/mol. The number of carbonyl (C=O) groups excluding carboxylic acids is 2. The summed E-state index contributed by atoms with van der Waals surface area (Å²) in [6.07, 6.45) is 1.04. The van der Waals surface area contributed by atoms with Gasteiger partial charge in [-0.3, -0.25) is 9.59 Å². The molecule has 0 fully saturated rings. The van der Waals surface area contributed by atoms with E-state index in [0.29, 0.717) is 5.56 Å². The van der Waals surface area contributed by atoms with E-state index in [9.17, 15) is 18.0 Å². The van der Waals surface area contributed by atoms with Crippen molar-refractivity contribution in [3.8, 4) is 0 Å². The molecule has 0 radical (unpaired) electrons.